The number of carbonyl (C=O) groups excluding carboxylic acids is 3. The summed E-state index contributed by atoms with van der Waals surface area (Å²) in [5, 5.41) is 9.37. The normalized spacial score (nSPS) is 14.6. The molecule has 37 heavy (non-hydrogen) atoms. The molecule has 0 radical (unpaired) electrons. The van der Waals surface area contributed by atoms with E-state index < -0.39 is 12.0 Å². The minimum absolute atomic E-state index is 0.000980. The van der Waals surface area contributed by atoms with E-state index in [2.05, 4.69) is 47.2 Å². The summed E-state index contributed by atoms with van der Waals surface area (Å²) in [5.74, 6) is -1.36. The van der Waals surface area contributed by atoms with Crippen molar-refractivity contribution in [3.05, 3.63) is 70.6 Å². The molecule has 1 heterocycles. The van der Waals surface area contributed by atoms with Gasteiger partial charge in [0.1, 0.15) is 6.04 Å². The lowest BCUT2D eigenvalue weighted by molar-refractivity contribution is -0.146. The molecule has 2 amide bonds. The average Bonchev–Trinajstić information content (AvgIpc) is 3.49. The minimum atomic E-state index is -0.736. The summed E-state index contributed by atoms with van der Waals surface area (Å²) in [4.78, 5) is 39.2. The van der Waals surface area contributed by atoms with Gasteiger partial charge in [-0.3, -0.25) is 14.4 Å². The molecule has 0 bridgehead atoms. The van der Waals surface area contributed by atoms with Crippen molar-refractivity contribution in [1.29, 1.82) is 0 Å². The quantitative estimate of drug-likeness (QED) is 0.330. The van der Waals surface area contributed by atoms with Crippen molar-refractivity contribution >= 4 is 39.2 Å². The number of carbonyl (C=O) groups is 3. The number of esters is 1. The Morgan fingerprint density at radius 2 is 1.70 bits per heavy atom. The molecule has 2 atom stereocenters. The van der Waals surface area contributed by atoms with E-state index in [1.165, 1.54) is 11.1 Å². The molecule has 0 spiro atoms. The second-order valence-corrected chi connectivity index (χ2v) is 10.7. The smallest absolute Gasteiger partial charge is 0.306 e. The molecular formula is C30H36N2O4S. The lowest BCUT2D eigenvalue weighted by Crippen LogP contribution is -2.52. The Balaban J connectivity index is 1.51. The summed E-state index contributed by atoms with van der Waals surface area (Å²) in [6.07, 6.45) is 4.30. The van der Waals surface area contributed by atoms with Crippen molar-refractivity contribution in [2.75, 3.05) is 6.61 Å². The molecule has 7 heteroatoms. The van der Waals surface area contributed by atoms with Crippen LogP contribution in [0.4, 0.5) is 0 Å². The maximum atomic E-state index is 13.6. The highest BCUT2D eigenvalue weighted by Crippen LogP contribution is 2.27. The maximum absolute atomic E-state index is 13.6. The van der Waals surface area contributed by atoms with Gasteiger partial charge in [0.15, 0.2) is 0 Å². The van der Waals surface area contributed by atoms with Gasteiger partial charge in [0.05, 0.1) is 13.0 Å². The summed E-state index contributed by atoms with van der Waals surface area (Å²) in [7, 11) is 0. The van der Waals surface area contributed by atoms with E-state index in [0.29, 0.717) is 12.8 Å². The third kappa shape index (κ3) is 6.98. The van der Waals surface area contributed by atoms with E-state index in [-0.39, 0.29) is 36.9 Å². The van der Waals surface area contributed by atoms with Crippen LogP contribution in [0.2, 0.25) is 0 Å². The monoisotopic (exact) mass is 520 g/mol. The number of amides is 2. The number of unbranched alkanes of at least 4 members (excludes halogenated alkanes) is 1. The first-order chi connectivity index (χ1) is 18.0. The van der Waals surface area contributed by atoms with Gasteiger partial charge in [-0.15, -0.1) is 11.3 Å². The zero-order valence-electron chi connectivity index (χ0n) is 21.6. The molecule has 2 aromatic carbocycles. The van der Waals surface area contributed by atoms with Crippen LogP contribution in [-0.2, 0) is 38.4 Å². The first-order valence-electron chi connectivity index (χ1n) is 13.3. The van der Waals surface area contributed by atoms with Gasteiger partial charge < -0.3 is 15.4 Å². The van der Waals surface area contributed by atoms with Crippen LogP contribution < -0.4 is 10.6 Å². The zero-order valence-corrected chi connectivity index (χ0v) is 22.4. The zero-order chi connectivity index (χ0) is 26.2. The molecule has 3 aromatic rings. The van der Waals surface area contributed by atoms with Gasteiger partial charge in [-0.05, 0) is 59.7 Å². The fraction of sp³-hybridized carbons (Fsp3) is 0.433. The number of benzene rings is 2. The summed E-state index contributed by atoms with van der Waals surface area (Å²) in [6, 6.07) is 15.6. The fourth-order valence-corrected chi connectivity index (χ4v) is 6.05. The van der Waals surface area contributed by atoms with E-state index in [0.717, 1.165) is 41.3 Å². The van der Waals surface area contributed by atoms with Crippen LogP contribution in [0.3, 0.4) is 0 Å². The van der Waals surface area contributed by atoms with Crippen molar-refractivity contribution in [3.8, 4) is 0 Å². The third-order valence-electron chi connectivity index (χ3n) is 7.01. The first kappa shape index (κ1) is 26.9. The first-order valence-corrected chi connectivity index (χ1v) is 14.1. The van der Waals surface area contributed by atoms with Crippen LogP contribution in [0.5, 0.6) is 0 Å². The number of hydrogen-bond acceptors (Lipinski definition) is 5. The lowest BCUT2D eigenvalue weighted by atomic mass is 9.96. The van der Waals surface area contributed by atoms with Gasteiger partial charge in [-0.2, -0.15) is 0 Å². The molecule has 1 aliphatic carbocycles. The second kappa shape index (κ2) is 12.9. The number of fused-ring (bicyclic) bond motifs is 2. The largest absolute Gasteiger partial charge is 0.466 e. The van der Waals surface area contributed by atoms with Gasteiger partial charge in [0.2, 0.25) is 11.8 Å². The van der Waals surface area contributed by atoms with E-state index in [4.69, 9.17) is 4.74 Å². The fourth-order valence-electron chi connectivity index (χ4n) is 5.07. The SMILES string of the molecule is CCCC[C@H](CC(=O)OCC)C(=O)N[C@@H](Cc1csc2ccccc12)C(=O)NC1Cc2ccccc2C1. The summed E-state index contributed by atoms with van der Waals surface area (Å²) < 4.78 is 6.26. The molecule has 0 saturated carbocycles. The molecule has 1 aromatic heterocycles. The van der Waals surface area contributed by atoms with Crippen molar-refractivity contribution in [2.24, 2.45) is 5.92 Å². The van der Waals surface area contributed by atoms with E-state index >= 15 is 0 Å². The van der Waals surface area contributed by atoms with Crippen LogP contribution >= 0.6 is 11.3 Å². The van der Waals surface area contributed by atoms with Gasteiger partial charge in [-0.1, -0.05) is 62.2 Å². The highest BCUT2D eigenvalue weighted by molar-refractivity contribution is 7.17. The van der Waals surface area contributed by atoms with E-state index in [1.807, 2.05) is 24.3 Å². The number of nitrogens with one attached hydrogen (secondary N) is 2. The standard InChI is InChI=1S/C30H36N2O4S/c1-3-5-10-22(18-28(33)36-4-2)29(34)32-26(17-23-19-37-27-14-9-8-13-25(23)27)30(35)31-24-15-20-11-6-7-12-21(20)16-24/h6-9,11-14,19,22,24,26H,3-5,10,15-18H2,1-2H3,(H,31,35)(H,32,34)/t22-,26+/m1/s1. The molecule has 6 nitrogen and oxygen atoms in total. The highest BCUT2D eigenvalue weighted by Gasteiger charge is 2.30. The Bertz CT molecular complexity index is 1210. The molecule has 4 rings (SSSR count). The number of hydrogen-bond donors (Lipinski definition) is 2. The van der Waals surface area contributed by atoms with E-state index in [9.17, 15) is 14.4 Å². The Hall–Kier alpha value is -3.19. The number of thiophene rings is 1. The number of ether oxygens (including phenoxy) is 1. The number of rotatable bonds is 12. The van der Waals surface area contributed by atoms with E-state index in [1.54, 1.807) is 18.3 Å². The predicted octanol–water partition coefficient (Wildman–Crippen LogP) is 4.97. The Labute approximate surface area is 222 Å². The summed E-state index contributed by atoms with van der Waals surface area (Å²) in [6.45, 7) is 4.09. The van der Waals surface area contributed by atoms with Gasteiger partial charge in [-0.25, -0.2) is 0 Å². The third-order valence-corrected chi connectivity index (χ3v) is 8.02. The Kier molecular flexibility index (Phi) is 9.34. The lowest BCUT2D eigenvalue weighted by Gasteiger charge is -2.24. The van der Waals surface area contributed by atoms with Crippen LogP contribution in [-0.4, -0.2) is 36.5 Å². The Morgan fingerprint density at radius 3 is 2.41 bits per heavy atom. The molecule has 0 aliphatic heterocycles. The molecular weight excluding hydrogens is 484 g/mol. The predicted molar refractivity (Wildman–Crippen MR) is 148 cm³/mol. The average molecular weight is 521 g/mol. The molecule has 196 valence electrons. The molecule has 0 unspecified atom stereocenters. The molecule has 0 fully saturated rings. The molecule has 1 aliphatic rings. The maximum Gasteiger partial charge on any atom is 0.306 e. The van der Waals surface area contributed by atoms with Crippen LogP contribution in [0.25, 0.3) is 10.1 Å². The molecule has 2 N–H and O–H groups in total. The van der Waals surface area contributed by atoms with Gasteiger partial charge in [0.25, 0.3) is 0 Å². The van der Waals surface area contributed by atoms with Crippen molar-refractivity contribution in [2.45, 2.75) is 70.9 Å². The minimum Gasteiger partial charge on any atom is -0.466 e. The molecule has 0 saturated heterocycles. The second-order valence-electron chi connectivity index (χ2n) is 9.75. The van der Waals surface area contributed by atoms with Crippen LogP contribution in [0.15, 0.2) is 53.9 Å². The Morgan fingerprint density at radius 1 is 1.00 bits per heavy atom. The van der Waals surface area contributed by atoms with Gasteiger partial charge in [0, 0.05) is 23.1 Å². The summed E-state index contributed by atoms with van der Waals surface area (Å²) >= 11 is 1.64. The van der Waals surface area contributed by atoms with Crippen LogP contribution in [0.1, 0.15) is 56.2 Å². The summed E-state index contributed by atoms with van der Waals surface area (Å²) in [5.41, 5.74) is 3.55. The van der Waals surface area contributed by atoms with Crippen molar-refractivity contribution < 1.29 is 19.1 Å². The van der Waals surface area contributed by atoms with Crippen molar-refractivity contribution in [3.63, 3.8) is 0 Å². The van der Waals surface area contributed by atoms with Crippen molar-refractivity contribution in [1.82, 2.24) is 10.6 Å². The topological polar surface area (TPSA) is 84.5 Å². The highest BCUT2D eigenvalue weighted by atomic mass is 32.1. The van der Waals surface area contributed by atoms with Crippen LogP contribution in [0, 0.1) is 5.92 Å². The van der Waals surface area contributed by atoms with Gasteiger partial charge >= 0.3 is 5.97 Å².